The Morgan fingerprint density at radius 1 is 1.24 bits per heavy atom. The zero-order valence-electron chi connectivity index (χ0n) is 12.1. The molecule has 0 aliphatic carbocycles. The Hall–Kier alpha value is -1.50. The van der Waals surface area contributed by atoms with Gasteiger partial charge in [-0.05, 0) is 39.2 Å². The molecule has 0 bridgehead atoms. The SMILES string of the molecule is CCCCC#CC(O)COc1ccc2ccccc2c1Br. The number of benzene rings is 2. The second kappa shape index (κ2) is 8.07. The molecule has 2 aromatic carbocycles. The number of hydrogen-bond acceptors (Lipinski definition) is 2. The first-order valence-electron chi connectivity index (χ1n) is 7.19. The number of aliphatic hydroxyl groups excluding tert-OH is 1. The molecule has 0 aliphatic rings. The molecule has 0 saturated carbocycles. The molecule has 0 heterocycles. The minimum Gasteiger partial charge on any atom is -0.489 e. The summed E-state index contributed by atoms with van der Waals surface area (Å²) in [6.45, 7) is 2.30. The molecule has 0 aliphatic heterocycles. The molecule has 110 valence electrons. The Labute approximate surface area is 134 Å². The van der Waals surface area contributed by atoms with Gasteiger partial charge >= 0.3 is 0 Å². The highest BCUT2D eigenvalue weighted by Gasteiger charge is 2.07. The Morgan fingerprint density at radius 3 is 2.86 bits per heavy atom. The largest absolute Gasteiger partial charge is 0.489 e. The molecule has 0 amide bonds. The van der Waals surface area contributed by atoms with Crippen LogP contribution in [0.4, 0.5) is 0 Å². The molecule has 0 aromatic heterocycles. The van der Waals surface area contributed by atoms with Crippen molar-refractivity contribution in [3.8, 4) is 17.6 Å². The maximum atomic E-state index is 9.80. The van der Waals surface area contributed by atoms with E-state index in [2.05, 4.69) is 40.8 Å². The standard InChI is InChI=1S/C18H19BrO2/c1-2-3-4-5-9-15(20)13-21-17-12-11-14-8-6-7-10-16(14)18(17)19/h6-8,10-12,15,20H,2-4,13H2,1H3. The van der Waals surface area contributed by atoms with Gasteiger partial charge in [-0.1, -0.05) is 49.6 Å². The summed E-state index contributed by atoms with van der Waals surface area (Å²) in [5, 5.41) is 12.0. The van der Waals surface area contributed by atoms with E-state index < -0.39 is 6.10 Å². The summed E-state index contributed by atoms with van der Waals surface area (Å²) in [5.74, 6) is 6.51. The van der Waals surface area contributed by atoms with E-state index >= 15 is 0 Å². The van der Waals surface area contributed by atoms with Crippen LogP contribution in [0.3, 0.4) is 0 Å². The van der Waals surface area contributed by atoms with Crippen molar-refractivity contribution in [2.75, 3.05) is 6.61 Å². The lowest BCUT2D eigenvalue weighted by molar-refractivity contribution is 0.151. The van der Waals surface area contributed by atoms with E-state index in [-0.39, 0.29) is 6.61 Å². The summed E-state index contributed by atoms with van der Waals surface area (Å²) < 4.78 is 6.57. The van der Waals surface area contributed by atoms with E-state index in [4.69, 9.17) is 4.74 Å². The van der Waals surface area contributed by atoms with Crippen LogP contribution >= 0.6 is 15.9 Å². The number of unbranched alkanes of at least 4 members (excludes halogenated alkanes) is 2. The highest BCUT2D eigenvalue weighted by molar-refractivity contribution is 9.10. The van der Waals surface area contributed by atoms with E-state index in [1.165, 1.54) is 0 Å². The number of halogens is 1. The summed E-state index contributed by atoms with van der Waals surface area (Å²) in [6, 6.07) is 12.0. The molecule has 2 nitrogen and oxygen atoms in total. The monoisotopic (exact) mass is 346 g/mol. The topological polar surface area (TPSA) is 29.5 Å². The zero-order chi connectivity index (χ0) is 15.1. The Morgan fingerprint density at radius 2 is 2.05 bits per heavy atom. The van der Waals surface area contributed by atoms with Crippen molar-refractivity contribution in [2.45, 2.75) is 32.3 Å². The fourth-order valence-corrected chi connectivity index (χ4v) is 2.60. The van der Waals surface area contributed by atoms with Crippen molar-refractivity contribution in [2.24, 2.45) is 0 Å². The zero-order valence-corrected chi connectivity index (χ0v) is 13.7. The van der Waals surface area contributed by atoms with Crippen LogP contribution in [0.5, 0.6) is 5.75 Å². The molecular weight excluding hydrogens is 328 g/mol. The molecule has 0 spiro atoms. The molecular formula is C18H19BrO2. The van der Waals surface area contributed by atoms with Crippen LogP contribution in [0.1, 0.15) is 26.2 Å². The van der Waals surface area contributed by atoms with Crippen LogP contribution < -0.4 is 4.74 Å². The third-order valence-electron chi connectivity index (χ3n) is 3.15. The van der Waals surface area contributed by atoms with Gasteiger partial charge < -0.3 is 9.84 Å². The van der Waals surface area contributed by atoms with E-state index in [0.717, 1.165) is 40.3 Å². The summed E-state index contributed by atoms with van der Waals surface area (Å²) in [6.07, 6.45) is 2.26. The van der Waals surface area contributed by atoms with Crippen molar-refractivity contribution in [3.05, 3.63) is 40.9 Å². The quantitative estimate of drug-likeness (QED) is 0.636. The van der Waals surface area contributed by atoms with E-state index in [1.54, 1.807) is 0 Å². The number of rotatable bonds is 5. The number of aliphatic hydroxyl groups is 1. The molecule has 0 radical (unpaired) electrons. The lowest BCUT2D eigenvalue weighted by Gasteiger charge is -2.11. The van der Waals surface area contributed by atoms with Gasteiger partial charge in [0.2, 0.25) is 0 Å². The van der Waals surface area contributed by atoms with Gasteiger partial charge in [0.25, 0.3) is 0 Å². The second-order valence-electron chi connectivity index (χ2n) is 4.85. The smallest absolute Gasteiger partial charge is 0.148 e. The fourth-order valence-electron chi connectivity index (χ4n) is 1.99. The fraction of sp³-hybridized carbons (Fsp3) is 0.333. The molecule has 0 saturated heterocycles. The van der Waals surface area contributed by atoms with E-state index in [0.29, 0.717) is 0 Å². The molecule has 1 atom stereocenters. The third-order valence-corrected chi connectivity index (χ3v) is 3.97. The van der Waals surface area contributed by atoms with Crippen LogP contribution in [-0.2, 0) is 0 Å². The molecule has 3 heteroatoms. The number of ether oxygens (including phenoxy) is 1. The molecule has 2 rings (SSSR count). The normalized spacial score (nSPS) is 11.8. The first-order chi connectivity index (χ1) is 10.2. The van der Waals surface area contributed by atoms with Gasteiger partial charge in [0.15, 0.2) is 0 Å². The minimum absolute atomic E-state index is 0.177. The van der Waals surface area contributed by atoms with Gasteiger partial charge in [-0.25, -0.2) is 0 Å². The summed E-state index contributed by atoms with van der Waals surface area (Å²) in [5.41, 5.74) is 0. The maximum absolute atomic E-state index is 9.80. The summed E-state index contributed by atoms with van der Waals surface area (Å²) >= 11 is 3.56. The first-order valence-corrected chi connectivity index (χ1v) is 7.98. The third kappa shape index (κ3) is 4.49. The molecule has 0 fully saturated rings. The Kier molecular flexibility index (Phi) is 6.10. The van der Waals surface area contributed by atoms with E-state index in [1.807, 2.05) is 30.3 Å². The van der Waals surface area contributed by atoms with Gasteiger partial charge in [0, 0.05) is 6.42 Å². The van der Waals surface area contributed by atoms with Crippen LogP contribution in [0, 0.1) is 11.8 Å². The predicted octanol–water partition coefficient (Wildman–Crippen LogP) is 4.54. The molecule has 21 heavy (non-hydrogen) atoms. The van der Waals surface area contributed by atoms with Gasteiger partial charge in [-0.3, -0.25) is 0 Å². The second-order valence-corrected chi connectivity index (χ2v) is 5.64. The number of fused-ring (bicyclic) bond motifs is 1. The first kappa shape index (κ1) is 15.9. The molecule has 1 unspecified atom stereocenters. The summed E-state index contributed by atoms with van der Waals surface area (Å²) in [4.78, 5) is 0. The lowest BCUT2D eigenvalue weighted by Crippen LogP contribution is -2.15. The Balaban J connectivity index is 2.00. The van der Waals surface area contributed by atoms with Gasteiger partial charge in [0.05, 0.1) is 4.47 Å². The average molecular weight is 347 g/mol. The van der Waals surface area contributed by atoms with Gasteiger partial charge in [-0.2, -0.15) is 0 Å². The molecule has 1 N–H and O–H groups in total. The van der Waals surface area contributed by atoms with Gasteiger partial charge in [-0.15, -0.1) is 5.92 Å². The van der Waals surface area contributed by atoms with Crippen molar-refractivity contribution < 1.29 is 9.84 Å². The Bertz CT molecular complexity index is 655. The van der Waals surface area contributed by atoms with Crippen LogP contribution in [0.25, 0.3) is 10.8 Å². The van der Waals surface area contributed by atoms with Crippen molar-refractivity contribution in [3.63, 3.8) is 0 Å². The van der Waals surface area contributed by atoms with Gasteiger partial charge in [0.1, 0.15) is 18.5 Å². The van der Waals surface area contributed by atoms with E-state index in [9.17, 15) is 5.11 Å². The van der Waals surface area contributed by atoms with Crippen LogP contribution in [0.2, 0.25) is 0 Å². The average Bonchev–Trinajstić information content (AvgIpc) is 2.51. The predicted molar refractivity (Wildman–Crippen MR) is 90.5 cm³/mol. The minimum atomic E-state index is -0.750. The molecule has 2 aromatic rings. The van der Waals surface area contributed by atoms with Crippen molar-refractivity contribution in [1.29, 1.82) is 0 Å². The van der Waals surface area contributed by atoms with Crippen molar-refractivity contribution in [1.82, 2.24) is 0 Å². The van der Waals surface area contributed by atoms with Crippen LogP contribution in [0.15, 0.2) is 40.9 Å². The highest BCUT2D eigenvalue weighted by atomic mass is 79.9. The maximum Gasteiger partial charge on any atom is 0.148 e. The highest BCUT2D eigenvalue weighted by Crippen LogP contribution is 2.33. The summed E-state index contributed by atoms with van der Waals surface area (Å²) in [7, 11) is 0. The lowest BCUT2D eigenvalue weighted by atomic mass is 10.1. The van der Waals surface area contributed by atoms with Crippen molar-refractivity contribution >= 4 is 26.7 Å². The number of hydrogen-bond donors (Lipinski definition) is 1. The van der Waals surface area contributed by atoms with Crippen LogP contribution in [-0.4, -0.2) is 17.8 Å².